The zero-order valence-electron chi connectivity index (χ0n) is 18.4. The summed E-state index contributed by atoms with van der Waals surface area (Å²) in [5.41, 5.74) is 3.13. The number of carbonyl (C=O) groups excluding carboxylic acids is 1. The lowest BCUT2D eigenvalue weighted by molar-refractivity contribution is -0.136. The molecule has 1 aliphatic carbocycles. The molecule has 4 heterocycles. The summed E-state index contributed by atoms with van der Waals surface area (Å²) >= 11 is 0. The van der Waals surface area contributed by atoms with E-state index in [4.69, 9.17) is 4.74 Å². The van der Waals surface area contributed by atoms with Gasteiger partial charge in [-0.15, -0.1) is 5.10 Å². The number of rotatable bonds is 5. The molecule has 32 heavy (non-hydrogen) atoms. The number of ether oxygens (including phenoxy) is 1. The number of hydrogen-bond donors (Lipinski definition) is 2. The van der Waals surface area contributed by atoms with E-state index < -0.39 is 6.29 Å². The van der Waals surface area contributed by atoms with Crippen LogP contribution in [0.15, 0.2) is 35.9 Å². The van der Waals surface area contributed by atoms with Crippen LogP contribution in [0.5, 0.6) is 0 Å². The number of aliphatic hydroxyl groups is 1. The Hall–Kier alpha value is -2.69. The third kappa shape index (κ3) is 3.72. The second-order valence-corrected chi connectivity index (χ2v) is 9.14. The zero-order valence-corrected chi connectivity index (χ0v) is 18.4. The molecule has 170 valence electrons. The lowest BCUT2D eigenvalue weighted by atomic mass is 9.71. The molecule has 10 nitrogen and oxygen atoms in total. The maximum Gasteiger partial charge on any atom is 0.233 e. The van der Waals surface area contributed by atoms with Crippen LogP contribution >= 0.6 is 0 Å². The van der Waals surface area contributed by atoms with Gasteiger partial charge in [0.15, 0.2) is 6.29 Å². The van der Waals surface area contributed by atoms with E-state index in [9.17, 15) is 9.90 Å². The Kier molecular flexibility index (Phi) is 5.52. The number of aromatic nitrogens is 5. The molecule has 10 heteroatoms. The third-order valence-corrected chi connectivity index (χ3v) is 7.30. The van der Waals surface area contributed by atoms with Gasteiger partial charge in [-0.25, -0.2) is 0 Å². The SMILES string of the molecule is CC1=C(N2CCC3(CCC(N[C@H](C)c4ccc(-n5cnnn5)cn4)CC3)C2=O)COC1O. The fraction of sp³-hybridized carbons (Fsp3) is 0.591. The van der Waals surface area contributed by atoms with E-state index in [1.54, 1.807) is 17.2 Å². The second kappa shape index (κ2) is 8.34. The highest BCUT2D eigenvalue weighted by atomic mass is 16.6. The highest BCUT2D eigenvalue weighted by molar-refractivity contribution is 5.86. The topological polar surface area (TPSA) is 118 Å². The van der Waals surface area contributed by atoms with Crippen molar-refractivity contribution >= 4 is 5.91 Å². The summed E-state index contributed by atoms with van der Waals surface area (Å²) in [6.07, 6.45) is 7.00. The van der Waals surface area contributed by atoms with E-state index in [1.165, 1.54) is 0 Å². The van der Waals surface area contributed by atoms with Crippen LogP contribution in [0.25, 0.3) is 5.69 Å². The molecule has 1 saturated heterocycles. The Morgan fingerprint density at radius 3 is 2.72 bits per heavy atom. The average Bonchev–Trinajstić information content (AvgIpc) is 3.53. The summed E-state index contributed by atoms with van der Waals surface area (Å²) in [5, 5.41) is 24.7. The lowest BCUT2D eigenvalue weighted by Gasteiger charge is -2.37. The largest absolute Gasteiger partial charge is 0.364 e. The molecule has 2 fully saturated rings. The van der Waals surface area contributed by atoms with Crippen molar-refractivity contribution in [3.05, 3.63) is 41.6 Å². The number of aliphatic hydroxyl groups excluding tert-OH is 1. The maximum atomic E-state index is 13.3. The van der Waals surface area contributed by atoms with E-state index in [2.05, 4.69) is 32.7 Å². The first-order valence-corrected chi connectivity index (χ1v) is 11.2. The van der Waals surface area contributed by atoms with Crippen molar-refractivity contribution in [2.75, 3.05) is 13.2 Å². The molecule has 0 aromatic carbocycles. The average molecular weight is 440 g/mol. The van der Waals surface area contributed by atoms with Gasteiger partial charge in [-0.1, -0.05) is 0 Å². The van der Waals surface area contributed by atoms with Crippen LogP contribution in [0.2, 0.25) is 0 Å². The number of pyridine rings is 1. The van der Waals surface area contributed by atoms with Gasteiger partial charge >= 0.3 is 0 Å². The number of likely N-dealkylation sites (tertiary alicyclic amines) is 1. The summed E-state index contributed by atoms with van der Waals surface area (Å²) in [5.74, 6) is 0.205. The summed E-state index contributed by atoms with van der Waals surface area (Å²) in [7, 11) is 0. The van der Waals surface area contributed by atoms with Gasteiger partial charge in [-0.3, -0.25) is 9.78 Å². The second-order valence-electron chi connectivity index (χ2n) is 9.14. The number of hydrogen-bond acceptors (Lipinski definition) is 8. The Morgan fingerprint density at radius 2 is 2.09 bits per heavy atom. The maximum absolute atomic E-state index is 13.3. The van der Waals surface area contributed by atoms with Gasteiger partial charge in [-0.05, 0) is 68.5 Å². The normalized spacial score (nSPS) is 29.3. The predicted molar refractivity (Wildman–Crippen MR) is 114 cm³/mol. The van der Waals surface area contributed by atoms with Crippen LogP contribution < -0.4 is 5.32 Å². The Balaban J connectivity index is 1.18. The number of carbonyl (C=O) groups is 1. The number of nitrogens with zero attached hydrogens (tertiary/aromatic N) is 6. The summed E-state index contributed by atoms with van der Waals surface area (Å²) in [6.45, 7) is 4.99. The smallest absolute Gasteiger partial charge is 0.233 e. The van der Waals surface area contributed by atoms with E-state index >= 15 is 0 Å². The predicted octanol–water partition coefficient (Wildman–Crippen LogP) is 1.49. The molecule has 2 aromatic heterocycles. The first-order valence-electron chi connectivity index (χ1n) is 11.2. The number of nitrogens with one attached hydrogen (secondary N) is 1. The van der Waals surface area contributed by atoms with Crippen LogP contribution in [0, 0.1) is 5.41 Å². The van der Waals surface area contributed by atoms with Crippen molar-refractivity contribution < 1.29 is 14.6 Å². The van der Waals surface area contributed by atoms with Gasteiger partial charge < -0.3 is 20.1 Å². The molecule has 1 spiro atoms. The van der Waals surface area contributed by atoms with Gasteiger partial charge in [0.05, 0.1) is 35.3 Å². The molecule has 2 atom stereocenters. The Bertz CT molecular complexity index is 997. The van der Waals surface area contributed by atoms with Crippen molar-refractivity contribution in [2.24, 2.45) is 5.41 Å². The summed E-state index contributed by atoms with van der Waals surface area (Å²) in [4.78, 5) is 19.7. The molecule has 2 aromatic rings. The molecule has 0 radical (unpaired) electrons. The highest BCUT2D eigenvalue weighted by Crippen LogP contribution is 2.46. The van der Waals surface area contributed by atoms with Crippen LogP contribution in [0.3, 0.4) is 0 Å². The first-order chi connectivity index (χ1) is 15.5. The van der Waals surface area contributed by atoms with Gasteiger partial charge in [0.1, 0.15) is 6.33 Å². The van der Waals surface area contributed by atoms with Crippen molar-refractivity contribution in [1.82, 2.24) is 35.4 Å². The zero-order chi connectivity index (χ0) is 22.3. The van der Waals surface area contributed by atoms with E-state index in [0.29, 0.717) is 19.2 Å². The fourth-order valence-corrected chi connectivity index (χ4v) is 5.22. The standard InChI is InChI=1S/C22H29N7O3/c1-14-19(12-32-20(14)30)28-10-9-22(21(28)31)7-5-16(6-8-22)25-15(2)18-4-3-17(11-23-18)29-13-24-26-27-29/h3-4,11,13,15-16,20,25,30H,5-10,12H2,1-2H3/t15-,16?,20?,22?/m1/s1. The molecule has 3 aliphatic rings. The Labute approximate surface area is 186 Å². The lowest BCUT2D eigenvalue weighted by Crippen LogP contribution is -2.42. The fourth-order valence-electron chi connectivity index (χ4n) is 5.22. The summed E-state index contributed by atoms with van der Waals surface area (Å²) in [6, 6.07) is 4.42. The first kappa shape index (κ1) is 21.2. The molecule has 5 rings (SSSR count). The number of amides is 1. The Morgan fingerprint density at radius 1 is 1.28 bits per heavy atom. The van der Waals surface area contributed by atoms with E-state index in [1.807, 2.05) is 24.0 Å². The minimum absolute atomic E-state index is 0.109. The molecule has 0 bridgehead atoms. The van der Waals surface area contributed by atoms with Gasteiger partial charge in [0.2, 0.25) is 5.91 Å². The molecule has 2 aliphatic heterocycles. The van der Waals surface area contributed by atoms with Crippen molar-refractivity contribution in [3.63, 3.8) is 0 Å². The quantitative estimate of drug-likeness (QED) is 0.719. The van der Waals surface area contributed by atoms with Gasteiger partial charge in [0.25, 0.3) is 0 Å². The third-order valence-electron chi connectivity index (χ3n) is 7.30. The van der Waals surface area contributed by atoms with Crippen LogP contribution in [0.1, 0.15) is 57.7 Å². The van der Waals surface area contributed by atoms with Crippen molar-refractivity contribution in [2.45, 2.75) is 64.3 Å². The van der Waals surface area contributed by atoms with E-state index in [0.717, 1.165) is 54.8 Å². The van der Waals surface area contributed by atoms with Gasteiger partial charge in [0, 0.05) is 24.2 Å². The monoisotopic (exact) mass is 439 g/mol. The molecule has 2 N–H and O–H groups in total. The minimum atomic E-state index is -0.883. The number of tetrazole rings is 1. The molecule has 1 saturated carbocycles. The molecule has 1 amide bonds. The van der Waals surface area contributed by atoms with Crippen LogP contribution in [0.4, 0.5) is 0 Å². The van der Waals surface area contributed by atoms with Crippen molar-refractivity contribution in [1.29, 1.82) is 0 Å². The molecular weight excluding hydrogens is 410 g/mol. The van der Waals surface area contributed by atoms with Crippen LogP contribution in [-0.2, 0) is 9.53 Å². The van der Waals surface area contributed by atoms with Crippen molar-refractivity contribution in [3.8, 4) is 5.69 Å². The van der Waals surface area contributed by atoms with E-state index in [-0.39, 0.29) is 17.4 Å². The molecule has 1 unspecified atom stereocenters. The minimum Gasteiger partial charge on any atom is -0.364 e. The van der Waals surface area contributed by atoms with Crippen LogP contribution in [-0.4, -0.2) is 66.6 Å². The molecular formula is C22H29N7O3. The van der Waals surface area contributed by atoms with Gasteiger partial charge in [-0.2, -0.15) is 4.68 Å². The highest BCUT2D eigenvalue weighted by Gasteiger charge is 2.50. The summed E-state index contributed by atoms with van der Waals surface area (Å²) < 4.78 is 6.88.